The smallest absolute Gasteiger partial charge is 0.264 e. The van der Waals surface area contributed by atoms with Crippen molar-refractivity contribution in [3.63, 3.8) is 0 Å². The van der Waals surface area contributed by atoms with E-state index in [1.807, 2.05) is 37.3 Å². The number of fused-ring (bicyclic) bond motifs is 1. The van der Waals surface area contributed by atoms with Crippen LogP contribution in [0.5, 0.6) is 5.75 Å². The monoisotopic (exact) mass is 533 g/mol. The summed E-state index contributed by atoms with van der Waals surface area (Å²) in [6.45, 7) is 2.51. The number of aromatic nitrogens is 1. The number of sulfonamides is 1. The van der Waals surface area contributed by atoms with Gasteiger partial charge in [0.25, 0.3) is 15.9 Å². The van der Waals surface area contributed by atoms with Gasteiger partial charge in [0.05, 0.1) is 17.2 Å². The summed E-state index contributed by atoms with van der Waals surface area (Å²) in [7, 11) is -2.27. The highest BCUT2D eigenvalue weighted by Crippen LogP contribution is 2.32. The molecule has 37 heavy (non-hydrogen) atoms. The molecule has 188 valence electrons. The highest BCUT2D eigenvalue weighted by molar-refractivity contribution is 7.92. The lowest BCUT2D eigenvalue weighted by atomic mass is 10.2. The van der Waals surface area contributed by atoms with Crippen molar-refractivity contribution in [1.29, 1.82) is 0 Å². The number of anilines is 2. The number of hydrogen-bond acceptors (Lipinski definition) is 7. The van der Waals surface area contributed by atoms with Crippen molar-refractivity contribution in [2.75, 3.05) is 23.3 Å². The lowest BCUT2D eigenvalue weighted by Crippen LogP contribution is -2.26. The van der Waals surface area contributed by atoms with Crippen LogP contribution in [-0.2, 0) is 10.0 Å². The summed E-state index contributed by atoms with van der Waals surface area (Å²) < 4.78 is 38.6. The highest BCUT2D eigenvalue weighted by Gasteiger charge is 2.22. The molecule has 0 unspecified atom stereocenters. The Labute approximate surface area is 218 Å². The lowest BCUT2D eigenvalue weighted by molar-refractivity contribution is 0.102. The first-order valence-electron chi connectivity index (χ1n) is 11.4. The maximum absolute atomic E-state index is 13.0. The third-order valence-corrected chi connectivity index (χ3v) is 8.23. The number of rotatable bonds is 8. The molecule has 0 aliphatic carbocycles. The van der Waals surface area contributed by atoms with E-state index in [0.29, 0.717) is 40.0 Å². The van der Waals surface area contributed by atoms with Crippen LogP contribution < -0.4 is 14.4 Å². The zero-order chi connectivity index (χ0) is 26.0. The molecule has 8 nitrogen and oxygen atoms in total. The van der Waals surface area contributed by atoms with Crippen molar-refractivity contribution in [1.82, 2.24) is 4.98 Å². The van der Waals surface area contributed by atoms with Crippen LogP contribution in [0.3, 0.4) is 0 Å². The van der Waals surface area contributed by atoms with E-state index in [2.05, 4.69) is 10.3 Å². The van der Waals surface area contributed by atoms with E-state index in [1.165, 1.54) is 47.0 Å². The van der Waals surface area contributed by atoms with E-state index in [9.17, 15) is 13.2 Å². The Kier molecular flexibility index (Phi) is 6.68. The molecule has 0 saturated carbocycles. The molecule has 0 radical (unpaired) electrons. The minimum atomic E-state index is -3.76. The van der Waals surface area contributed by atoms with Gasteiger partial charge < -0.3 is 9.15 Å². The SMILES string of the molecule is CCOc1ccc2oc(-c3csc(NC(=O)c4ccc(S(=O)(=O)N(C)c5ccccc5)cc4)n3)cc2c1. The van der Waals surface area contributed by atoms with E-state index in [0.717, 1.165) is 11.1 Å². The molecule has 0 fully saturated rings. The maximum Gasteiger partial charge on any atom is 0.264 e. The van der Waals surface area contributed by atoms with Crippen LogP contribution in [0.1, 0.15) is 17.3 Å². The van der Waals surface area contributed by atoms with Crippen LogP contribution in [0.2, 0.25) is 0 Å². The number of furan rings is 1. The number of nitrogens with zero attached hydrogens (tertiary/aromatic N) is 2. The van der Waals surface area contributed by atoms with Crippen LogP contribution >= 0.6 is 11.3 Å². The standard InChI is InChI=1S/C27H23N3O5S2/c1-3-34-21-11-14-24-19(15-21)16-25(35-24)23-17-36-27(28-23)29-26(31)18-9-12-22(13-10-18)37(32,33)30(2)20-7-5-4-6-8-20/h4-17H,3H2,1-2H3,(H,28,29,31). The van der Waals surface area contributed by atoms with Gasteiger partial charge in [-0.3, -0.25) is 14.4 Å². The van der Waals surface area contributed by atoms with Gasteiger partial charge in [-0.25, -0.2) is 13.4 Å². The number of benzene rings is 3. The Morgan fingerprint density at radius 1 is 1.05 bits per heavy atom. The predicted molar refractivity (Wildman–Crippen MR) is 145 cm³/mol. The topological polar surface area (TPSA) is 102 Å². The average Bonchev–Trinajstić information content (AvgIpc) is 3.55. The van der Waals surface area contributed by atoms with Gasteiger partial charge >= 0.3 is 0 Å². The number of carbonyl (C=O) groups excluding carboxylic acids is 1. The van der Waals surface area contributed by atoms with Crippen LogP contribution in [-0.4, -0.2) is 33.0 Å². The van der Waals surface area contributed by atoms with Gasteiger partial charge in [-0.05, 0) is 67.6 Å². The number of ether oxygens (including phenoxy) is 1. The van der Waals surface area contributed by atoms with E-state index in [1.54, 1.807) is 29.6 Å². The van der Waals surface area contributed by atoms with Crippen molar-refractivity contribution in [3.8, 4) is 17.2 Å². The van der Waals surface area contributed by atoms with Crippen LogP contribution in [0.15, 0.2) is 93.6 Å². The molecule has 1 N–H and O–H groups in total. The first-order valence-corrected chi connectivity index (χ1v) is 13.7. The first kappa shape index (κ1) is 24.5. The molecule has 0 spiro atoms. The largest absolute Gasteiger partial charge is 0.494 e. The predicted octanol–water partition coefficient (Wildman–Crippen LogP) is 6.03. The van der Waals surface area contributed by atoms with Gasteiger partial charge in [-0.1, -0.05) is 18.2 Å². The third-order valence-electron chi connectivity index (χ3n) is 5.67. The molecule has 0 aliphatic heterocycles. The maximum atomic E-state index is 13.0. The summed E-state index contributed by atoms with van der Waals surface area (Å²) in [5, 5.41) is 5.85. The van der Waals surface area contributed by atoms with Crippen LogP contribution in [0, 0.1) is 0 Å². The Balaban J connectivity index is 1.29. The number of thiazole rings is 1. The number of nitrogens with one attached hydrogen (secondary N) is 1. The second kappa shape index (κ2) is 10.1. The molecule has 10 heteroatoms. The van der Waals surface area contributed by atoms with Crippen LogP contribution in [0.4, 0.5) is 10.8 Å². The summed E-state index contributed by atoms with van der Waals surface area (Å²) >= 11 is 1.27. The van der Waals surface area contributed by atoms with Crippen molar-refractivity contribution in [3.05, 3.63) is 89.8 Å². The van der Waals surface area contributed by atoms with Crippen molar-refractivity contribution >= 4 is 49.1 Å². The molecule has 2 aromatic heterocycles. The second-order valence-electron chi connectivity index (χ2n) is 8.07. The molecule has 0 bridgehead atoms. The fourth-order valence-corrected chi connectivity index (χ4v) is 5.62. The zero-order valence-electron chi connectivity index (χ0n) is 20.0. The molecule has 3 aromatic carbocycles. The number of hydrogen-bond donors (Lipinski definition) is 1. The van der Waals surface area contributed by atoms with E-state index < -0.39 is 15.9 Å². The highest BCUT2D eigenvalue weighted by atomic mass is 32.2. The molecule has 0 atom stereocenters. The van der Waals surface area contributed by atoms with Gasteiger partial charge in [0.1, 0.15) is 17.0 Å². The molecule has 1 amide bonds. The number of amides is 1. The van der Waals surface area contributed by atoms with Gasteiger partial charge in [-0.2, -0.15) is 0 Å². The second-order valence-corrected chi connectivity index (χ2v) is 10.9. The fraction of sp³-hybridized carbons (Fsp3) is 0.111. The summed E-state index contributed by atoms with van der Waals surface area (Å²) in [6.07, 6.45) is 0. The van der Waals surface area contributed by atoms with Gasteiger partial charge in [0.2, 0.25) is 0 Å². The summed E-state index contributed by atoms with van der Waals surface area (Å²) in [4.78, 5) is 17.3. The quantitative estimate of drug-likeness (QED) is 0.261. The average molecular weight is 534 g/mol. The first-order chi connectivity index (χ1) is 17.8. The minimum absolute atomic E-state index is 0.0873. The van der Waals surface area contributed by atoms with Crippen molar-refractivity contribution in [2.45, 2.75) is 11.8 Å². The van der Waals surface area contributed by atoms with Crippen LogP contribution in [0.25, 0.3) is 22.4 Å². The van der Waals surface area contributed by atoms with E-state index in [4.69, 9.17) is 9.15 Å². The van der Waals surface area contributed by atoms with Crippen molar-refractivity contribution in [2.24, 2.45) is 0 Å². The third kappa shape index (κ3) is 5.07. The van der Waals surface area contributed by atoms with E-state index in [-0.39, 0.29) is 4.90 Å². The fourth-order valence-electron chi connectivity index (χ4n) is 3.73. The Hall–Kier alpha value is -4.15. The number of carbonyl (C=O) groups is 1. The number of para-hydroxylation sites is 1. The van der Waals surface area contributed by atoms with Gasteiger partial charge in [0.15, 0.2) is 10.9 Å². The molecule has 5 aromatic rings. The summed E-state index contributed by atoms with van der Waals surface area (Å²) in [6, 6.07) is 22.1. The molecule has 2 heterocycles. The molecule has 5 rings (SSSR count). The normalized spacial score (nSPS) is 11.4. The van der Waals surface area contributed by atoms with Gasteiger partial charge in [-0.15, -0.1) is 11.3 Å². The van der Waals surface area contributed by atoms with Gasteiger partial charge in [0, 0.05) is 23.4 Å². The Morgan fingerprint density at radius 3 is 2.54 bits per heavy atom. The molecule has 0 saturated heterocycles. The molecular formula is C27H23N3O5S2. The Morgan fingerprint density at radius 2 is 1.81 bits per heavy atom. The summed E-state index contributed by atoms with van der Waals surface area (Å²) in [5.41, 5.74) is 2.16. The Bertz CT molecular complexity index is 1660. The summed E-state index contributed by atoms with van der Waals surface area (Å²) in [5.74, 6) is 0.948. The molecule has 0 aliphatic rings. The zero-order valence-corrected chi connectivity index (χ0v) is 21.7. The van der Waals surface area contributed by atoms with E-state index >= 15 is 0 Å². The minimum Gasteiger partial charge on any atom is -0.494 e. The molecular weight excluding hydrogens is 510 g/mol. The van der Waals surface area contributed by atoms with Crippen molar-refractivity contribution < 1.29 is 22.4 Å². The lowest BCUT2D eigenvalue weighted by Gasteiger charge is -2.19.